The Labute approximate surface area is 192 Å². The molecule has 0 fully saturated rings. The maximum Gasteiger partial charge on any atom is 0.0458 e. The van der Waals surface area contributed by atoms with E-state index in [4.69, 9.17) is 5.73 Å². The Hall–Kier alpha value is -3.49. The predicted molar refractivity (Wildman–Crippen MR) is 138 cm³/mol. The molecule has 5 aromatic carbocycles. The maximum absolute atomic E-state index is 6.47. The van der Waals surface area contributed by atoms with Crippen molar-refractivity contribution in [2.75, 3.05) is 5.73 Å². The van der Waals surface area contributed by atoms with Gasteiger partial charge in [-0.25, -0.2) is 0 Å². The minimum atomic E-state index is 0.848. The number of benzene rings is 5. The molecule has 6 rings (SSSR count). The number of fused-ring (bicyclic) bond motifs is 4. The lowest BCUT2D eigenvalue weighted by Crippen LogP contribution is -1.92. The van der Waals surface area contributed by atoms with Gasteiger partial charge in [0.1, 0.15) is 0 Å². The fourth-order valence-corrected chi connectivity index (χ4v) is 5.87. The van der Waals surface area contributed by atoms with Gasteiger partial charge < -0.3 is 5.73 Å². The number of thioether (sulfide) groups is 1. The van der Waals surface area contributed by atoms with Gasteiger partial charge in [-0.15, -0.1) is 11.8 Å². The van der Waals surface area contributed by atoms with Gasteiger partial charge in [0.25, 0.3) is 0 Å². The lowest BCUT2D eigenvalue weighted by Gasteiger charge is -2.14. The smallest absolute Gasteiger partial charge is 0.0458 e. The Morgan fingerprint density at radius 2 is 1.44 bits per heavy atom. The zero-order valence-corrected chi connectivity index (χ0v) is 18.5. The molecule has 0 aliphatic heterocycles. The normalized spacial score (nSPS) is 12.0. The maximum atomic E-state index is 6.47. The van der Waals surface area contributed by atoms with E-state index in [-0.39, 0.29) is 0 Å². The van der Waals surface area contributed by atoms with Crippen LogP contribution >= 0.6 is 11.8 Å². The van der Waals surface area contributed by atoms with Crippen molar-refractivity contribution in [1.82, 2.24) is 0 Å². The topological polar surface area (TPSA) is 26.0 Å². The average molecular weight is 430 g/mol. The van der Waals surface area contributed by atoms with Crippen LogP contribution in [-0.2, 0) is 12.2 Å². The summed E-state index contributed by atoms with van der Waals surface area (Å²) in [6.07, 6.45) is 0.992. The minimum Gasteiger partial charge on any atom is -0.398 e. The minimum absolute atomic E-state index is 0.848. The number of nitrogens with two attached hydrogens (primary N) is 1. The molecule has 5 aromatic rings. The van der Waals surface area contributed by atoms with Crippen molar-refractivity contribution in [3.05, 3.63) is 120 Å². The van der Waals surface area contributed by atoms with Gasteiger partial charge in [-0.2, -0.15) is 0 Å². The first kappa shape index (κ1) is 19.2. The monoisotopic (exact) mass is 429 g/mol. The van der Waals surface area contributed by atoms with Gasteiger partial charge in [0.2, 0.25) is 0 Å². The highest BCUT2D eigenvalue weighted by molar-refractivity contribution is 7.99. The van der Waals surface area contributed by atoms with E-state index in [9.17, 15) is 0 Å². The second-order valence-corrected chi connectivity index (χ2v) is 9.35. The van der Waals surface area contributed by atoms with Crippen molar-refractivity contribution in [1.29, 1.82) is 0 Å². The summed E-state index contributed by atoms with van der Waals surface area (Å²) in [5.41, 5.74) is 16.8. The highest BCUT2D eigenvalue weighted by Gasteiger charge is 2.21. The molecule has 154 valence electrons. The van der Waals surface area contributed by atoms with Crippen LogP contribution in [0.4, 0.5) is 5.69 Å². The van der Waals surface area contributed by atoms with E-state index in [1.807, 2.05) is 17.8 Å². The van der Waals surface area contributed by atoms with E-state index in [2.05, 4.69) is 97.1 Å². The van der Waals surface area contributed by atoms with Crippen LogP contribution < -0.4 is 5.73 Å². The fourth-order valence-electron chi connectivity index (χ4n) is 4.80. The van der Waals surface area contributed by atoms with Crippen LogP contribution in [-0.4, -0.2) is 0 Å². The van der Waals surface area contributed by atoms with Crippen LogP contribution in [0.15, 0.2) is 108 Å². The number of anilines is 1. The molecule has 0 aromatic heterocycles. The van der Waals surface area contributed by atoms with Crippen molar-refractivity contribution in [3.63, 3.8) is 0 Å². The van der Waals surface area contributed by atoms with Crippen LogP contribution in [0.1, 0.15) is 16.7 Å². The molecule has 1 aliphatic carbocycles. The SMILES string of the molecule is Nc1ccc2ccc(-c3cccc4c3Cc3ccccc3-4)cc2c1SCc1ccccc1. The highest BCUT2D eigenvalue weighted by Crippen LogP contribution is 2.43. The van der Waals surface area contributed by atoms with Crippen molar-refractivity contribution in [2.24, 2.45) is 0 Å². The number of hydrogen-bond acceptors (Lipinski definition) is 2. The lowest BCUT2D eigenvalue weighted by atomic mass is 9.94. The summed E-state index contributed by atoms with van der Waals surface area (Å²) < 4.78 is 0. The largest absolute Gasteiger partial charge is 0.398 e. The standard InChI is InChI=1S/C30H23NS/c31-29-16-15-21-13-14-23(17-27(21)30(29)32-19-20-7-2-1-3-8-20)25-11-6-12-26-24-10-5-4-9-22(24)18-28(25)26/h1-17H,18-19,31H2. The zero-order chi connectivity index (χ0) is 21.5. The first-order chi connectivity index (χ1) is 15.8. The van der Waals surface area contributed by atoms with Gasteiger partial charge in [0, 0.05) is 16.3 Å². The summed E-state index contributed by atoms with van der Waals surface area (Å²) >= 11 is 1.82. The molecule has 1 aliphatic rings. The van der Waals surface area contributed by atoms with E-state index in [0.717, 1.165) is 17.9 Å². The molecule has 1 nitrogen and oxygen atoms in total. The van der Waals surface area contributed by atoms with Crippen molar-refractivity contribution in [2.45, 2.75) is 17.1 Å². The first-order valence-electron chi connectivity index (χ1n) is 11.0. The number of nitrogen functional groups attached to an aromatic ring is 1. The number of rotatable bonds is 4. The highest BCUT2D eigenvalue weighted by atomic mass is 32.2. The summed E-state index contributed by atoms with van der Waals surface area (Å²) in [7, 11) is 0. The van der Waals surface area contributed by atoms with Crippen molar-refractivity contribution < 1.29 is 0 Å². The van der Waals surface area contributed by atoms with Gasteiger partial charge in [-0.1, -0.05) is 91.0 Å². The van der Waals surface area contributed by atoms with Gasteiger partial charge >= 0.3 is 0 Å². The molecule has 0 atom stereocenters. The molecule has 0 bridgehead atoms. The molecule has 0 radical (unpaired) electrons. The summed E-state index contributed by atoms with van der Waals surface area (Å²) in [5, 5.41) is 2.46. The summed E-state index contributed by atoms with van der Waals surface area (Å²) in [4.78, 5) is 1.17. The third kappa shape index (κ3) is 3.28. The van der Waals surface area contributed by atoms with Crippen LogP contribution in [0.25, 0.3) is 33.0 Å². The third-order valence-corrected chi connectivity index (χ3v) is 7.61. The van der Waals surface area contributed by atoms with Crippen molar-refractivity contribution >= 4 is 28.2 Å². The van der Waals surface area contributed by atoms with E-state index in [1.165, 1.54) is 54.6 Å². The molecular weight excluding hydrogens is 406 g/mol. The molecule has 0 unspecified atom stereocenters. The van der Waals surface area contributed by atoms with Crippen LogP contribution in [0.3, 0.4) is 0 Å². The second kappa shape index (κ2) is 7.89. The second-order valence-electron chi connectivity index (χ2n) is 8.36. The van der Waals surface area contributed by atoms with Gasteiger partial charge in [0.15, 0.2) is 0 Å². The Kier molecular flexibility index (Phi) is 4.74. The molecule has 0 amide bonds. The molecule has 2 N–H and O–H groups in total. The summed E-state index contributed by atoms with van der Waals surface area (Å²) in [5.74, 6) is 0.907. The fraction of sp³-hybridized carbons (Fsp3) is 0.0667. The summed E-state index contributed by atoms with van der Waals surface area (Å²) in [6.45, 7) is 0. The van der Waals surface area contributed by atoms with E-state index in [1.54, 1.807) is 0 Å². The Bertz CT molecular complexity index is 1450. The molecule has 0 spiro atoms. The Morgan fingerprint density at radius 3 is 2.34 bits per heavy atom. The molecule has 0 saturated heterocycles. The van der Waals surface area contributed by atoms with E-state index in [0.29, 0.717) is 0 Å². The van der Waals surface area contributed by atoms with Gasteiger partial charge in [-0.3, -0.25) is 0 Å². The Morgan fingerprint density at radius 1 is 0.688 bits per heavy atom. The van der Waals surface area contributed by atoms with E-state index < -0.39 is 0 Å². The predicted octanol–water partition coefficient (Wildman–Crippen LogP) is 7.95. The Balaban J connectivity index is 1.44. The van der Waals surface area contributed by atoms with E-state index >= 15 is 0 Å². The van der Waals surface area contributed by atoms with Crippen LogP contribution in [0.2, 0.25) is 0 Å². The average Bonchev–Trinajstić information content (AvgIpc) is 3.23. The quantitative estimate of drug-likeness (QED) is 0.227. The first-order valence-corrected chi connectivity index (χ1v) is 12.0. The molecule has 2 heteroatoms. The van der Waals surface area contributed by atoms with Crippen molar-refractivity contribution in [3.8, 4) is 22.3 Å². The molecule has 0 saturated carbocycles. The number of hydrogen-bond donors (Lipinski definition) is 1. The third-order valence-electron chi connectivity index (χ3n) is 6.39. The van der Waals surface area contributed by atoms with Gasteiger partial charge in [-0.05, 0) is 68.3 Å². The van der Waals surface area contributed by atoms with Gasteiger partial charge in [0.05, 0.1) is 0 Å². The molecule has 32 heavy (non-hydrogen) atoms. The molecule has 0 heterocycles. The van der Waals surface area contributed by atoms with Crippen LogP contribution in [0, 0.1) is 0 Å². The lowest BCUT2D eigenvalue weighted by molar-refractivity contribution is 1.26. The van der Waals surface area contributed by atoms with Crippen LogP contribution in [0.5, 0.6) is 0 Å². The zero-order valence-electron chi connectivity index (χ0n) is 17.7. The summed E-state index contributed by atoms with van der Waals surface area (Å²) in [6, 6.07) is 37.0. The molecular formula is C30H23NS.